The first-order valence-electron chi connectivity index (χ1n) is 3.05. The maximum atomic E-state index is 4.07. The highest BCUT2D eigenvalue weighted by molar-refractivity contribution is 6.51. The summed E-state index contributed by atoms with van der Waals surface area (Å²) in [5.41, 5.74) is 2.31. The van der Waals surface area contributed by atoms with E-state index in [1.54, 1.807) is 0 Å². The van der Waals surface area contributed by atoms with Crippen molar-refractivity contribution in [2.45, 2.75) is 13.7 Å². The molecule has 1 nitrogen and oxygen atoms in total. The van der Waals surface area contributed by atoms with Gasteiger partial charge in [-0.1, -0.05) is 18.4 Å². The van der Waals surface area contributed by atoms with Crippen LogP contribution in [0.3, 0.4) is 0 Å². The number of pyridine rings is 1. The Morgan fingerprint density at radius 2 is 2.33 bits per heavy atom. The van der Waals surface area contributed by atoms with Crippen LogP contribution < -0.4 is 5.46 Å². The number of rotatable bonds is 1. The first-order chi connectivity index (χ1) is 4.33. The van der Waals surface area contributed by atoms with E-state index >= 15 is 0 Å². The van der Waals surface area contributed by atoms with Crippen molar-refractivity contribution < 1.29 is 0 Å². The van der Waals surface area contributed by atoms with Gasteiger partial charge in [0.05, 0.1) is 0 Å². The highest BCUT2D eigenvalue weighted by Gasteiger charge is 1.88. The molecule has 1 rings (SSSR count). The van der Waals surface area contributed by atoms with Gasteiger partial charge in [0, 0.05) is 11.9 Å². The van der Waals surface area contributed by atoms with E-state index in [-0.39, 0.29) is 0 Å². The predicted molar refractivity (Wildman–Crippen MR) is 40.2 cm³/mol. The molecule has 1 aromatic heterocycles. The Kier molecular flexibility index (Phi) is 1.88. The van der Waals surface area contributed by atoms with Crippen molar-refractivity contribution in [1.29, 1.82) is 0 Å². The smallest absolute Gasteiger partial charge is 0.148 e. The van der Waals surface area contributed by atoms with Gasteiger partial charge in [-0.05, 0) is 13.0 Å². The molecule has 0 unspecified atom stereocenters. The summed E-state index contributed by atoms with van der Waals surface area (Å²) in [7, 11) is 2.06. The van der Waals surface area contributed by atoms with E-state index in [4.69, 9.17) is 0 Å². The molecular formula is C7H9BN. The molecule has 2 heteroatoms. The van der Waals surface area contributed by atoms with E-state index < -0.39 is 0 Å². The minimum atomic E-state index is 1.07. The summed E-state index contributed by atoms with van der Waals surface area (Å²) < 4.78 is 0. The summed E-state index contributed by atoms with van der Waals surface area (Å²) in [6.07, 6.45) is 1.82. The van der Waals surface area contributed by atoms with E-state index in [1.807, 2.05) is 26.0 Å². The third-order valence-electron chi connectivity index (χ3n) is 1.25. The van der Waals surface area contributed by atoms with Crippen molar-refractivity contribution >= 4 is 12.7 Å². The van der Waals surface area contributed by atoms with Gasteiger partial charge in [-0.25, -0.2) is 0 Å². The lowest BCUT2D eigenvalue weighted by Crippen LogP contribution is -2.10. The second kappa shape index (κ2) is 2.67. The second-order valence-corrected chi connectivity index (χ2v) is 2.02. The predicted octanol–water partition coefficient (Wildman–Crippen LogP) is 0.768. The van der Waals surface area contributed by atoms with Crippen LogP contribution in [0.25, 0.3) is 0 Å². The molecule has 0 fully saturated rings. The van der Waals surface area contributed by atoms with Crippen LogP contribution in [0.5, 0.6) is 0 Å². The maximum absolute atomic E-state index is 4.07. The standard InChI is InChI=1S/C7H9BN/c1-6-5-7(8-2)3-4-9-6/h3-5H,1-2H3. The van der Waals surface area contributed by atoms with Gasteiger partial charge in [-0.2, -0.15) is 0 Å². The first-order valence-corrected chi connectivity index (χ1v) is 3.05. The number of hydrogen-bond donors (Lipinski definition) is 0. The van der Waals surface area contributed by atoms with Gasteiger partial charge in [0.2, 0.25) is 0 Å². The zero-order chi connectivity index (χ0) is 6.69. The summed E-state index contributed by atoms with van der Waals surface area (Å²) in [4.78, 5) is 4.07. The molecule has 45 valence electrons. The Morgan fingerprint density at radius 1 is 1.56 bits per heavy atom. The Morgan fingerprint density at radius 3 is 2.78 bits per heavy atom. The van der Waals surface area contributed by atoms with Crippen molar-refractivity contribution in [2.75, 3.05) is 0 Å². The van der Waals surface area contributed by atoms with E-state index in [9.17, 15) is 0 Å². The molecule has 1 heterocycles. The molecule has 0 N–H and O–H groups in total. The first kappa shape index (κ1) is 6.34. The van der Waals surface area contributed by atoms with Crippen LogP contribution in [0, 0.1) is 6.92 Å². The van der Waals surface area contributed by atoms with Crippen molar-refractivity contribution in [3.63, 3.8) is 0 Å². The summed E-state index contributed by atoms with van der Waals surface area (Å²) in [5, 5.41) is 0. The number of hydrogen-bond acceptors (Lipinski definition) is 1. The Labute approximate surface area is 56.4 Å². The largest absolute Gasteiger partial charge is 0.262 e. The van der Waals surface area contributed by atoms with Crippen molar-refractivity contribution in [3.05, 3.63) is 24.0 Å². The Bertz CT molecular complexity index is 198. The minimum absolute atomic E-state index is 1.07. The third kappa shape index (κ3) is 1.56. The normalized spacial score (nSPS) is 9.11. The highest BCUT2D eigenvalue weighted by atomic mass is 14.6. The average Bonchev–Trinajstić information content (AvgIpc) is 1.88. The van der Waals surface area contributed by atoms with Crippen LogP contribution >= 0.6 is 0 Å². The summed E-state index contributed by atoms with van der Waals surface area (Å²) >= 11 is 0. The molecule has 0 aromatic carbocycles. The van der Waals surface area contributed by atoms with Gasteiger partial charge >= 0.3 is 0 Å². The summed E-state index contributed by atoms with van der Waals surface area (Å²) in [6, 6.07) is 4.05. The lowest BCUT2D eigenvalue weighted by molar-refractivity contribution is 1.21. The van der Waals surface area contributed by atoms with Gasteiger partial charge in [0.25, 0.3) is 0 Å². The molecular weight excluding hydrogens is 109 g/mol. The van der Waals surface area contributed by atoms with Crippen LogP contribution in [-0.2, 0) is 0 Å². The molecule has 0 atom stereocenters. The molecule has 1 aromatic rings. The SMILES string of the molecule is C[B]c1ccnc(C)c1. The van der Waals surface area contributed by atoms with Gasteiger partial charge in [0.15, 0.2) is 0 Å². The van der Waals surface area contributed by atoms with Crippen molar-refractivity contribution in [1.82, 2.24) is 4.98 Å². The topological polar surface area (TPSA) is 12.9 Å². The van der Waals surface area contributed by atoms with Crippen LogP contribution in [0.2, 0.25) is 6.82 Å². The van der Waals surface area contributed by atoms with E-state index in [1.165, 1.54) is 5.46 Å². The molecule has 0 bridgehead atoms. The van der Waals surface area contributed by atoms with Gasteiger partial charge in [-0.3, -0.25) is 4.98 Å². The maximum Gasteiger partial charge on any atom is 0.148 e. The van der Waals surface area contributed by atoms with Crippen LogP contribution in [0.15, 0.2) is 18.3 Å². The van der Waals surface area contributed by atoms with Gasteiger partial charge < -0.3 is 0 Å². The molecule has 0 aliphatic carbocycles. The highest BCUT2D eigenvalue weighted by Crippen LogP contribution is 1.85. The van der Waals surface area contributed by atoms with E-state index in [2.05, 4.69) is 18.3 Å². The summed E-state index contributed by atoms with van der Waals surface area (Å²) in [5.74, 6) is 0. The molecule has 0 aliphatic rings. The van der Waals surface area contributed by atoms with Crippen LogP contribution in [-0.4, -0.2) is 12.3 Å². The Balaban J connectivity index is 2.94. The average molecular weight is 118 g/mol. The molecule has 9 heavy (non-hydrogen) atoms. The fourth-order valence-electron chi connectivity index (χ4n) is 0.747. The van der Waals surface area contributed by atoms with Crippen molar-refractivity contribution in [2.24, 2.45) is 0 Å². The molecule has 0 amide bonds. The van der Waals surface area contributed by atoms with E-state index in [0.29, 0.717) is 0 Å². The number of nitrogens with zero attached hydrogens (tertiary/aromatic N) is 1. The molecule has 1 radical (unpaired) electrons. The molecule has 0 spiro atoms. The second-order valence-electron chi connectivity index (χ2n) is 2.02. The zero-order valence-electron chi connectivity index (χ0n) is 5.76. The number of aromatic nitrogens is 1. The molecule has 0 saturated carbocycles. The molecule has 0 saturated heterocycles. The zero-order valence-corrected chi connectivity index (χ0v) is 5.76. The lowest BCUT2D eigenvalue weighted by Gasteiger charge is -1.93. The molecule has 0 aliphatic heterocycles. The van der Waals surface area contributed by atoms with Gasteiger partial charge in [0.1, 0.15) is 7.28 Å². The van der Waals surface area contributed by atoms with E-state index in [0.717, 1.165) is 5.69 Å². The fraction of sp³-hybridized carbons (Fsp3) is 0.286. The third-order valence-corrected chi connectivity index (χ3v) is 1.25. The summed E-state index contributed by atoms with van der Waals surface area (Å²) in [6.45, 7) is 4.02. The van der Waals surface area contributed by atoms with Gasteiger partial charge in [-0.15, -0.1) is 0 Å². The van der Waals surface area contributed by atoms with Crippen LogP contribution in [0.4, 0.5) is 0 Å². The fourth-order valence-corrected chi connectivity index (χ4v) is 0.747. The minimum Gasteiger partial charge on any atom is -0.262 e. The Hall–Kier alpha value is -0.785. The number of aryl methyl sites for hydroxylation is 1. The van der Waals surface area contributed by atoms with Crippen molar-refractivity contribution in [3.8, 4) is 0 Å². The quantitative estimate of drug-likeness (QED) is 0.496. The lowest BCUT2D eigenvalue weighted by atomic mass is 9.74. The monoisotopic (exact) mass is 118 g/mol. The van der Waals surface area contributed by atoms with Crippen LogP contribution in [0.1, 0.15) is 5.69 Å².